The van der Waals surface area contributed by atoms with Gasteiger partial charge in [0.1, 0.15) is 18.3 Å². The number of nitrogens with zero attached hydrogens (tertiary/aromatic N) is 6. The fourth-order valence-electron chi connectivity index (χ4n) is 3.38. The number of anilines is 1. The van der Waals surface area contributed by atoms with Crippen molar-refractivity contribution in [3.05, 3.63) is 75.8 Å². The fourth-order valence-corrected chi connectivity index (χ4v) is 3.59. The first-order valence-corrected chi connectivity index (χ1v) is 9.34. The summed E-state index contributed by atoms with van der Waals surface area (Å²) in [5.74, 6) is -0.132. The molecule has 3 aromatic rings. The number of benzene rings is 2. The predicted octanol–water partition coefficient (Wildman–Crippen LogP) is 2.79. The van der Waals surface area contributed by atoms with E-state index in [-0.39, 0.29) is 11.6 Å². The first-order chi connectivity index (χ1) is 14.0. The molecule has 1 amide bonds. The summed E-state index contributed by atoms with van der Waals surface area (Å²) < 4.78 is 1.61. The van der Waals surface area contributed by atoms with Gasteiger partial charge in [0.05, 0.1) is 21.2 Å². The number of hydrogen-bond acceptors (Lipinski definition) is 6. The molecule has 0 unspecified atom stereocenters. The zero-order valence-corrected chi connectivity index (χ0v) is 16.1. The summed E-state index contributed by atoms with van der Waals surface area (Å²) in [5.41, 5.74) is 1.60. The van der Waals surface area contributed by atoms with Gasteiger partial charge < -0.3 is 9.80 Å². The summed E-state index contributed by atoms with van der Waals surface area (Å²) in [6.45, 7) is 1.88. The van der Waals surface area contributed by atoms with E-state index in [0.29, 0.717) is 48.1 Å². The van der Waals surface area contributed by atoms with E-state index in [9.17, 15) is 14.9 Å². The predicted molar refractivity (Wildman–Crippen MR) is 108 cm³/mol. The van der Waals surface area contributed by atoms with Crippen LogP contribution in [-0.2, 0) is 0 Å². The summed E-state index contributed by atoms with van der Waals surface area (Å²) in [7, 11) is 0. The summed E-state index contributed by atoms with van der Waals surface area (Å²) in [6, 6.07) is 11.9. The molecule has 0 atom stereocenters. The molecule has 148 valence electrons. The van der Waals surface area contributed by atoms with E-state index in [1.54, 1.807) is 45.9 Å². The summed E-state index contributed by atoms with van der Waals surface area (Å²) >= 11 is 6.13. The van der Waals surface area contributed by atoms with Crippen LogP contribution in [0.25, 0.3) is 5.69 Å². The van der Waals surface area contributed by atoms with Crippen LogP contribution in [0.1, 0.15) is 10.4 Å². The van der Waals surface area contributed by atoms with Crippen LogP contribution in [0.2, 0.25) is 5.02 Å². The van der Waals surface area contributed by atoms with Gasteiger partial charge in [0.25, 0.3) is 11.6 Å². The molecule has 0 spiro atoms. The van der Waals surface area contributed by atoms with E-state index in [0.717, 1.165) is 0 Å². The molecule has 0 N–H and O–H groups in total. The van der Waals surface area contributed by atoms with Crippen LogP contribution in [0.4, 0.5) is 11.4 Å². The van der Waals surface area contributed by atoms with Crippen molar-refractivity contribution in [2.45, 2.75) is 0 Å². The number of halogens is 1. The van der Waals surface area contributed by atoms with E-state index in [1.165, 1.54) is 18.7 Å². The van der Waals surface area contributed by atoms with Crippen molar-refractivity contribution in [1.82, 2.24) is 19.7 Å². The van der Waals surface area contributed by atoms with Gasteiger partial charge in [-0.2, -0.15) is 0 Å². The third kappa shape index (κ3) is 3.77. The largest absolute Gasteiger partial charge is 0.362 e. The minimum Gasteiger partial charge on any atom is -0.362 e. The molecule has 2 aromatic carbocycles. The second-order valence-electron chi connectivity index (χ2n) is 6.56. The summed E-state index contributed by atoms with van der Waals surface area (Å²) in [4.78, 5) is 27.6. The Kier molecular flexibility index (Phi) is 5.13. The van der Waals surface area contributed by atoms with E-state index >= 15 is 0 Å². The van der Waals surface area contributed by atoms with Crippen LogP contribution in [0.5, 0.6) is 0 Å². The SMILES string of the molecule is O=C(c1ccccc1Cl)N1CCN(c2ccc(-n3cnnc3)cc2[N+](=O)[O-])CC1. The Morgan fingerprint density at radius 3 is 2.38 bits per heavy atom. The number of nitro groups is 1. The normalized spacial score (nSPS) is 14.1. The molecule has 4 rings (SSSR count). The van der Waals surface area contributed by atoms with Crippen molar-refractivity contribution < 1.29 is 9.72 Å². The molecule has 9 nitrogen and oxygen atoms in total. The quantitative estimate of drug-likeness (QED) is 0.482. The highest BCUT2D eigenvalue weighted by molar-refractivity contribution is 6.33. The number of nitro benzene ring substituents is 1. The average Bonchev–Trinajstić information content (AvgIpc) is 3.28. The molecule has 29 heavy (non-hydrogen) atoms. The van der Waals surface area contributed by atoms with Crippen LogP contribution < -0.4 is 4.90 Å². The topological polar surface area (TPSA) is 97.4 Å². The number of carbonyl (C=O) groups is 1. The van der Waals surface area contributed by atoms with Gasteiger partial charge in [0.2, 0.25) is 0 Å². The monoisotopic (exact) mass is 412 g/mol. The van der Waals surface area contributed by atoms with E-state index in [2.05, 4.69) is 10.2 Å². The van der Waals surface area contributed by atoms with Gasteiger partial charge in [-0.1, -0.05) is 23.7 Å². The molecule has 0 bridgehead atoms. The van der Waals surface area contributed by atoms with E-state index in [4.69, 9.17) is 11.6 Å². The first-order valence-electron chi connectivity index (χ1n) is 8.97. The molecular formula is C19H17ClN6O3. The van der Waals surface area contributed by atoms with Gasteiger partial charge in [-0.15, -0.1) is 10.2 Å². The maximum absolute atomic E-state index is 12.7. The zero-order valence-electron chi connectivity index (χ0n) is 15.3. The lowest BCUT2D eigenvalue weighted by atomic mass is 10.1. The summed E-state index contributed by atoms with van der Waals surface area (Å²) in [6.07, 6.45) is 2.97. The number of aromatic nitrogens is 3. The molecule has 1 saturated heterocycles. The molecule has 10 heteroatoms. The van der Waals surface area contributed by atoms with Gasteiger partial charge in [0.15, 0.2) is 0 Å². The van der Waals surface area contributed by atoms with Crippen LogP contribution in [0.15, 0.2) is 55.1 Å². The third-order valence-electron chi connectivity index (χ3n) is 4.88. The van der Waals surface area contributed by atoms with E-state index < -0.39 is 4.92 Å². The molecule has 1 aromatic heterocycles. The second kappa shape index (κ2) is 7.88. The third-order valence-corrected chi connectivity index (χ3v) is 5.21. The van der Waals surface area contributed by atoms with Crippen molar-refractivity contribution in [3.63, 3.8) is 0 Å². The van der Waals surface area contributed by atoms with Crippen molar-refractivity contribution in [1.29, 1.82) is 0 Å². The number of piperazine rings is 1. The second-order valence-corrected chi connectivity index (χ2v) is 6.97. The highest BCUT2D eigenvalue weighted by Crippen LogP contribution is 2.31. The van der Waals surface area contributed by atoms with Crippen molar-refractivity contribution in [3.8, 4) is 5.69 Å². The minimum absolute atomic E-state index is 0.00193. The molecule has 1 aliphatic heterocycles. The molecule has 0 radical (unpaired) electrons. The van der Waals surface area contributed by atoms with Crippen LogP contribution in [0, 0.1) is 10.1 Å². The van der Waals surface area contributed by atoms with Crippen LogP contribution >= 0.6 is 11.6 Å². The summed E-state index contributed by atoms with van der Waals surface area (Å²) in [5, 5.41) is 19.5. The Bertz CT molecular complexity index is 1050. The fraction of sp³-hybridized carbons (Fsp3) is 0.211. The molecule has 2 heterocycles. The Hall–Kier alpha value is -3.46. The lowest BCUT2D eigenvalue weighted by Gasteiger charge is -2.36. The molecule has 0 aliphatic carbocycles. The molecule has 0 saturated carbocycles. The van der Waals surface area contributed by atoms with Gasteiger partial charge in [-0.05, 0) is 24.3 Å². The minimum atomic E-state index is -0.398. The van der Waals surface area contributed by atoms with Gasteiger partial charge in [0, 0.05) is 32.2 Å². The lowest BCUT2D eigenvalue weighted by Crippen LogP contribution is -2.49. The van der Waals surface area contributed by atoms with Crippen molar-refractivity contribution in [2.75, 3.05) is 31.1 Å². The number of hydrogen-bond donors (Lipinski definition) is 0. The van der Waals surface area contributed by atoms with Crippen molar-refractivity contribution in [2.24, 2.45) is 0 Å². The Morgan fingerprint density at radius 2 is 1.72 bits per heavy atom. The maximum Gasteiger partial charge on any atom is 0.294 e. The standard InChI is InChI=1S/C19H17ClN6O3/c20-16-4-2-1-3-15(16)19(27)24-9-7-23(8-10-24)17-6-5-14(11-18(17)26(28)29)25-12-21-22-13-25/h1-6,11-13H,7-10H2. The highest BCUT2D eigenvalue weighted by Gasteiger charge is 2.27. The van der Waals surface area contributed by atoms with Gasteiger partial charge in [-0.25, -0.2) is 0 Å². The number of amides is 1. The van der Waals surface area contributed by atoms with Crippen LogP contribution in [-0.4, -0.2) is 56.7 Å². The zero-order chi connectivity index (χ0) is 20.4. The molecular weight excluding hydrogens is 396 g/mol. The smallest absolute Gasteiger partial charge is 0.294 e. The van der Waals surface area contributed by atoms with E-state index in [1.807, 2.05) is 4.90 Å². The Morgan fingerprint density at radius 1 is 1.03 bits per heavy atom. The van der Waals surface area contributed by atoms with Gasteiger partial charge >= 0.3 is 0 Å². The Balaban J connectivity index is 1.52. The lowest BCUT2D eigenvalue weighted by molar-refractivity contribution is -0.384. The van der Waals surface area contributed by atoms with Crippen LogP contribution in [0.3, 0.4) is 0 Å². The average molecular weight is 413 g/mol. The van der Waals surface area contributed by atoms with Crippen molar-refractivity contribution >= 4 is 28.9 Å². The molecule has 1 aliphatic rings. The number of carbonyl (C=O) groups excluding carboxylic acids is 1. The first kappa shape index (κ1) is 18.9. The van der Waals surface area contributed by atoms with Gasteiger partial charge in [-0.3, -0.25) is 19.5 Å². The highest BCUT2D eigenvalue weighted by atomic mass is 35.5. The number of rotatable bonds is 4. The Labute approximate surface area is 171 Å². The molecule has 1 fully saturated rings. The maximum atomic E-state index is 12.7.